The Morgan fingerprint density at radius 2 is 1.52 bits per heavy atom. The molecule has 12 nitrogen and oxygen atoms in total. The molecule has 0 spiro atoms. The van der Waals surface area contributed by atoms with E-state index in [1.54, 1.807) is 68.8 Å². The third-order valence-electron chi connectivity index (χ3n) is 7.65. The van der Waals surface area contributed by atoms with E-state index in [9.17, 15) is 4.79 Å². The monoisotopic (exact) mass is 696 g/mol. The number of amides is 1. The summed E-state index contributed by atoms with van der Waals surface area (Å²) in [5.74, 6) is 1.72. The SMILES string of the molecule is COc1ccccc1Oc1nc(Nc2cc(OC)c(OCCCN3CCN(C)CC3)c(OC)c2)ncc1C(=O)Nc1c(Cl)cccc1Cl. The van der Waals surface area contributed by atoms with Crippen LogP contribution in [0.2, 0.25) is 10.0 Å². The number of carbonyl (C=O) groups is 1. The van der Waals surface area contributed by atoms with Gasteiger partial charge in [-0.3, -0.25) is 4.79 Å². The second kappa shape index (κ2) is 16.6. The first-order chi connectivity index (χ1) is 23.3. The third-order valence-corrected chi connectivity index (χ3v) is 8.28. The van der Waals surface area contributed by atoms with Crippen molar-refractivity contribution in [2.45, 2.75) is 6.42 Å². The van der Waals surface area contributed by atoms with Gasteiger partial charge < -0.3 is 44.1 Å². The number of ether oxygens (including phenoxy) is 5. The minimum atomic E-state index is -0.584. The van der Waals surface area contributed by atoms with Crippen LogP contribution in [0.1, 0.15) is 16.8 Å². The number of nitrogens with one attached hydrogen (secondary N) is 2. The van der Waals surface area contributed by atoms with Crippen LogP contribution in [0.25, 0.3) is 0 Å². The molecular formula is C34H38Cl2N6O6. The fourth-order valence-corrected chi connectivity index (χ4v) is 5.51. The number of hydrogen-bond donors (Lipinski definition) is 2. The molecule has 0 radical (unpaired) electrons. The molecule has 0 saturated carbocycles. The van der Waals surface area contributed by atoms with Crippen LogP contribution < -0.4 is 34.3 Å². The van der Waals surface area contributed by atoms with Gasteiger partial charge in [0.25, 0.3) is 5.91 Å². The van der Waals surface area contributed by atoms with E-state index in [0.717, 1.165) is 39.1 Å². The van der Waals surface area contributed by atoms with Gasteiger partial charge in [-0.1, -0.05) is 41.4 Å². The molecular weight excluding hydrogens is 659 g/mol. The lowest BCUT2D eigenvalue weighted by molar-refractivity contribution is 0.102. The Balaban J connectivity index is 1.37. The van der Waals surface area contributed by atoms with Crippen LogP contribution in [0.4, 0.5) is 17.3 Å². The smallest absolute Gasteiger partial charge is 0.262 e. The van der Waals surface area contributed by atoms with E-state index in [1.807, 2.05) is 0 Å². The van der Waals surface area contributed by atoms with Crippen molar-refractivity contribution in [3.8, 4) is 34.6 Å². The van der Waals surface area contributed by atoms with Gasteiger partial charge in [-0.15, -0.1) is 0 Å². The number of carbonyl (C=O) groups excluding carboxylic acids is 1. The van der Waals surface area contributed by atoms with Gasteiger partial charge in [-0.25, -0.2) is 4.98 Å². The lowest BCUT2D eigenvalue weighted by Crippen LogP contribution is -2.44. The van der Waals surface area contributed by atoms with Crippen molar-refractivity contribution >= 4 is 46.4 Å². The molecule has 14 heteroatoms. The zero-order valence-electron chi connectivity index (χ0n) is 27.2. The second-order valence-corrected chi connectivity index (χ2v) is 11.7. The Bertz CT molecular complexity index is 1670. The van der Waals surface area contributed by atoms with Gasteiger partial charge in [0.15, 0.2) is 23.0 Å². The average Bonchev–Trinajstić information content (AvgIpc) is 3.09. The summed E-state index contributed by atoms with van der Waals surface area (Å²) >= 11 is 12.6. The molecule has 5 rings (SSSR count). The van der Waals surface area contributed by atoms with E-state index in [1.165, 1.54) is 13.3 Å². The van der Waals surface area contributed by atoms with Crippen LogP contribution in [0.15, 0.2) is 60.8 Å². The maximum Gasteiger partial charge on any atom is 0.262 e. The summed E-state index contributed by atoms with van der Waals surface area (Å²) in [7, 11) is 6.78. The summed E-state index contributed by atoms with van der Waals surface area (Å²) < 4.78 is 29.0. The number of methoxy groups -OCH3 is 3. The molecule has 1 amide bonds. The molecule has 254 valence electrons. The summed E-state index contributed by atoms with van der Waals surface area (Å²) in [6, 6.07) is 15.4. The van der Waals surface area contributed by atoms with Crippen LogP contribution in [-0.2, 0) is 0 Å². The summed E-state index contributed by atoms with van der Waals surface area (Å²) in [6.45, 7) is 5.71. The fraction of sp³-hybridized carbons (Fsp3) is 0.324. The normalized spacial score (nSPS) is 13.5. The van der Waals surface area contributed by atoms with E-state index in [0.29, 0.717) is 41.0 Å². The molecule has 2 heterocycles. The summed E-state index contributed by atoms with van der Waals surface area (Å²) in [5, 5.41) is 6.42. The molecule has 2 N–H and O–H groups in total. The number of likely N-dealkylation sites (N-methyl/N-ethyl adjacent to an activating group) is 1. The molecule has 48 heavy (non-hydrogen) atoms. The minimum Gasteiger partial charge on any atom is -0.493 e. The van der Waals surface area contributed by atoms with Crippen molar-refractivity contribution in [2.24, 2.45) is 0 Å². The highest BCUT2D eigenvalue weighted by atomic mass is 35.5. The molecule has 0 atom stereocenters. The van der Waals surface area contributed by atoms with Gasteiger partial charge in [-0.2, -0.15) is 4.98 Å². The molecule has 1 aromatic heterocycles. The zero-order valence-corrected chi connectivity index (χ0v) is 28.7. The number of aromatic nitrogens is 2. The van der Waals surface area contributed by atoms with Crippen LogP contribution in [0.5, 0.6) is 34.6 Å². The minimum absolute atomic E-state index is 0.0259. The Kier molecular flexibility index (Phi) is 12.0. The fourth-order valence-electron chi connectivity index (χ4n) is 5.02. The first-order valence-corrected chi connectivity index (χ1v) is 16.0. The standard InChI is InChI=1S/C34H38Cl2N6O6/c1-41-14-16-42(17-15-41)13-8-18-47-31-28(45-3)19-22(20-29(31)46-4)38-34-37-21-23(32(43)39-30-24(35)9-7-10-25(30)36)33(40-34)48-27-12-6-5-11-26(27)44-2/h5-7,9-12,19-21H,8,13-18H2,1-4H3,(H,39,43)(H,37,38,40). The number of hydrogen-bond acceptors (Lipinski definition) is 11. The number of anilines is 3. The number of piperazine rings is 1. The second-order valence-electron chi connectivity index (χ2n) is 10.9. The number of para-hydroxylation sites is 3. The number of benzene rings is 3. The molecule has 1 saturated heterocycles. The average molecular weight is 698 g/mol. The molecule has 1 fully saturated rings. The van der Waals surface area contributed by atoms with Gasteiger partial charge >= 0.3 is 0 Å². The number of rotatable bonds is 14. The largest absolute Gasteiger partial charge is 0.493 e. The predicted octanol–water partition coefficient (Wildman–Crippen LogP) is 6.61. The van der Waals surface area contributed by atoms with Gasteiger partial charge in [0, 0.05) is 56.7 Å². The van der Waals surface area contributed by atoms with Crippen molar-refractivity contribution < 1.29 is 28.5 Å². The molecule has 1 aliphatic rings. The molecule has 0 bridgehead atoms. The maximum absolute atomic E-state index is 13.5. The van der Waals surface area contributed by atoms with Gasteiger partial charge in [0.1, 0.15) is 5.56 Å². The van der Waals surface area contributed by atoms with Crippen molar-refractivity contribution in [1.82, 2.24) is 19.8 Å². The zero-order chi connectivity index (χ0) is 34.0. The van der Waals surface area contributed by atoms with Crippen LogP contribution in [0.3, 0.4) is 0 Å². The van der Waals surface area contributed by atoms with E-state index in [-0.39, 0.29) is 33.1 Å². The Labute approximate surface area is 289 Å². The maximum atomic E-state index is 13.5. The van der Waals surface area contributed by atoms with Crippen molar-refractivity contribution in [1.29, 1.82) is 0 Å². The molecule has 4 aromatic rings. The van der Waals surface area contributed by atoms with Gasteiger partial charge in [-0.05, 0) is 37.7 Å². The highest BCUT2D eigenvalue weighted by Crippen LogP contribution is 2.41. The van der Waals surface area contributed by atoms with E-state index < -0.39 is 5.91 Å². The molecule has 3 aromatic carbocycles. The summed E-state index contributed by atoms with van der Waals surface area (Å²) in [4.78, 5) is 27.2. The summed E-state index contributed by atoms with van der Waals surface area (Å²) in [6.07, 6.45) is 2.20. The lowest BCUT2D eigenvalue weighted by atomic mass is 10.2. The predicted molar refractivity (Wildman–Crippen MR) is 186 cm³/mol. The van der Waals surface area contributed by atoms with E-state index in [2.05, 4.69) is 37.4 Å². The lowest BCUT2D eigenvalue weighted by Gasteiger charge is -2.32. The number of nitrogens with zero attached hydrogens (tertiary/aromatic N) is 4. The molecule has 0 unspecified atom stereocenters. The highest BCUT2D eigenvalue weighted by molar-refractivity contribution is 6.40. The van der Waals surface area contributed by atoms with Crippen molar-refractivity contribution in [3.05, 3.63) is 76.4 Å². The third kappa shape index (κ3) is 8.70. The van der Waals surface area contributed by atoms with Crippen LogP contribution in [0, 0.1) is 0 Å². The van der Waals surface area contributed by atoms with Crippen molar-refractivity contribution in [3.63, 3.8) is 0 Å². The van der Waals surface area contributed by atoms with Crippen LogP contribution >= 0.6 is 23.2 Å². The van der Waals surface area contributed by atoms with Gasteiger partial charge in [0.05, 0.1) is 43.7 Å². The number of halogens is 2. The molecule has 0 aliphatic carbocycles. The Morgan fingerprint density at radius 1 is 0.875 bits per heavy atom. The molecule has 1 aliphatic heterocycles. The van der Waals surface area contributed by atoms with E-state index in [4.69, 9.17) is 46.9 Å². The summed E-state index contributed by atoms with van der Waals surface area (Å²) in [5.41, 5.74) is 0.826. The van der Waals surface area contributed by atoms with E-state index >= 15 is 0 Å². The highest BCUT2D eigenvalue weighted by Gasteiger charge is 2.22. The quantitative estimate of drug-likeness (QED) is 0.139. The van der Waals surface area contributed by atoms with Crippen LogP contribution in [-0.4, -0.2) is 93.4 Å². The van der Waals surface area contributed by atoms with Crippen molar-refractivity contribution in [2.75, 3.05) is 78.3 Å². The Morgan fingerprint density at radius 3 is 2.17 bits per heavy atom. The Hall–Kier alpha value is -4.49. The first-order valence-electron chi connectivity index (χ1n) is 15.3. The first kappa shape index (κ1) is 34.8. The topological polar surface area (TPSA) is 120 Å². The van der Waals surface area contributed by atoms with Gasteiger partial charge in [0.2, 0.25) is 17.6 Å².